The molecule has 6 nitrogen and oxygen atoms in total. The topological polar surface area (TPSA) is 57.7 Å². The highest BCUT2D eigenvalue weighted by molar-refractivity contribution is 5.74. The summed E-state index contributed by atoms with van der Waals surface area (Å²) in [4.78, 5) is 20.7. The van der Waals surface area contributed by atoms with Crippen molar-refractivity contribution in [3.05, 3.63) is 24.5 Å². The molecule has 1 N–H and O–H groups in total. The van der Waals surface area contributed by atoms with E-state index in [0.717, 1.165) is 45.4 Å². The zero-order chi connectivity index (χ0) is 17.5. The Kier molecular flexibility index (Phi) is 6.50. The molecular weight excluding hydrogens is 316 g/mol. The van der Waals surface area contributed by atoms with E-state index in [-0.39, 0.29) is 12.1 Å². The van der Waals surface area contributed by atoms with E-state index in [2.05, 4.69) is 27.3 Å². The van der Waals surface area contributed by atoms with Gasteiger partial charge in [-0.3, -0.25) is 4.98 Å². The van der Waals surface area contributed by atoms with E-state index in [4.69, 9.17) is 4.74 Å². The lowest BCUT2D eigenvalue weighted by molar-refractivity contribution is 0.0434. The number of rotatable bonds is 5. The standard InChI is InChI=1S/C19H30N4O2/c1-25-18-3-2-12-23(15-18)19(24)21-11-4-16-7-13-22(14-8-16)17-5-9-20-10-6-17/h5-6,9-10,16,18H,2-4,7-8,11-15H2,1H3,(H,21,24)/t18-/m1/s1. The summed E-state index contributed by atoms with van der Waals surface area (Å²) in [6, 6.07) is 4.22. The molecule has 138 valence electrons. The van der Waals surface area contributed by atoms with Gasteiger partial charge in [0.1, 0.15) is 0 Å². The largest absolute Gasteiger partial charge is 0.380 e. The number of amides is 2. The molecule has 2 saturated heterocycles. The summed E-state index contributed by atoms with van der Waals surface area (Å²) < 4.78 is 5.39. The molecule has 1 atom stereocenters. The van der Waals surface area contributed by atoms with Crippen LogP contribution in [0.5, 0.6) is 0 Å². The molecule has 2 aliphatic rings. The van der Waals surface area contributed by atoms with Crippen LogP contribution >= 0.6 is 0 Å². The number of piperidine rings is 2. The molecule has 2 fully saturated rings. The molecule has 6 heteroatoms. The van der Waals surface area contributed by atoms with Gasteiger partial charge in [-0.1, -0.05) is 0 Å². The fourth-order valence-electron chi connectivity index (χ4n) is 3.84. The third-order valence-electron chi connectivity index (χ3n) is 5.47. The number of carbonyl (C=O) groups excluding carboxylic acids is 1. The molecule has 0 spiro atoms. The van der Waals surface area contributed by atoms with E-state index in [9.17, 15) is 4.79 Å². The van der Waals surface area contributed by atoms with E-state index < -0.39 is 0 Å². The second-order valence-electron chi connectivity index (χ2n) is 7.10. The van der Waals surface area contributed by atoms with Gasteiger partial charge in [0.2, 0.25) is 0 Å². The van der Waals surface area contributed by atoms with Crippen LogP contribution in [0.1, 0.15) is 32.1 Å². The Morgan fingerprint density at radius 1 is 1.24 bits per heavy atom. The van der Waals surface area contributed by atoms with Gasteiger partial charge >= 0.3 is 6.03 Å². The second kappa shape index (κ2) is 9.04. The zero-order valence-corrected chi connectivity index (χ0v) is 15.2. The molecule has 0 aromatic carbocycles. The van der Waals surface area contributed by atoms with E-state index >= 15 is 0 Å². The summed E-state index contributed by atoms with van der Waals surface area (Å²) in [5.74, 6) is 0.700. The number of ether oxygens (including phenoxy) is 1. The fraction of sp³-hybridized carbons (Fsp3) is 0.684. The number of nitrogens with zero attached hydrogens (tertiary/aromatic N) is 3. The summed E-state index contributed by atoms with van der Waals surface area (Å²) >= 11 is 0. The van der Waals surface area contributed by atoms with Crippen molar-refractivity contribution in [2.75, 3.05) is 44.7 Å². The summed E-state index contributed by atoms with van der Waals surface area (Å²) in [7, 11) is 1.73. The summed E-state index contributed by atoms with van der Waals surface area (Å²) in [6.07, 6.45) is 9.42. The number of anilines is 1. The number of hydrogen-bond acceptors (Lipinski definition) is 4. The average molecular weight is 346 g/mol. The number of likely N-dealkylation sites (tertiary alicyclic amines) is 1. The molecule has 2 amide bonds. The predicted octanol–water partition coefficient (Wildman–Crippen LogP) is 2.51. The van der Waals surface area contributed by atoms with Crippen molar-refractivity contribution < 1.29 is 9.53 Å². The van der Waals surface area contributed by atoms with Crippen LogP contribution in [0.3, 0.4) is 0 Å². The van der Waals surface area contributed by atoms with Gasteiger partial charge in [0.15, 0.2) is 0 Å². The van der Waals surface area contributed by atoms with Gasteiger partial charge in [-0.2, -0.15) is 0 Å². The van der Waals surface area contributed by atoms with Crippen LogP contribution in [0.4, 0.5) is 10.5 Å². The SMILES string of the molecule is CO[C@@H]1CCCN(C(=O)NCCC2CCN(c3ccncc3)CC2)C1. The maximum absolute atomic E-state index is 12.3. The van der Waals surface area contributed by atoms with Gasteiger partial charge in [0.05, 0.1) is 6.10 Å². The Hall–Kier alpha value is -1.82. The Balaban J connectivity index is 1.34. The molecule has 25 heavy (non-hydrogen) atoms. The highest BCUT2D eigenvalue weighted by Gasteiger charge is 2.24. The number of methoxy groups -OCH3 is 1. The molecule has 0 aliphatic carbocycles. The molecule has 0 radical (unpaired) electrons. The number of carbonyl (C=O) groups is 1. The number of pyridine rings is 1. The van der Waals surface area contributed by atoms with Crippen LogP contribution in [-0.2, 0) is 4.74 Å². The van der Waals surface area contributed by atoms with Gasteiger partial charge in [-0.05, 0) is 50.2 Å². The Morgan fingerprint density at radius 3 is 2.72 bits per heavy atom. The van der Waals surface area contributed by atoms with Crippen LogP contribution in [0, 0.1) is 5.92 Å². The molecule has 3 rings (SSSR count). The second-order valence-corrected chi connectivity index (χ2v) is 7.10. The van der Waals surface area contributed by atoms with Gasteiger partial charge in [-0.15, -0.1) is 0 Å². The lowest BCUT2D eigenvalue weighted by atomic mass is 9.93. The lowest BCUT2D eigenvalue weighted by Crippen LogP contribution is -2.48. The van der Waals surface area contributed by atoms with E-state index in [1.54, 1.807) is 7.11 Å². The minimum Gasteiger partial charge on any atom is -0.380 e. The summed E-state index contributed by atoms with van der Waals surface area (Å²) in [5.41, 5.74) is 1.26. The Morgan fingerprint density at radius 2 is 2.00 bits per heavy atom. The first-order valence-corrected chi connectivity index (χ1v) is 9.47. The summed E-state index contributed by atoms with van der Waals surface area (Å²) in [6.45, 7) is 4.50. The highest BCUT2D eigenvalue weighted by Crippen LogP contribution is 2.24. The molecule has 0 bridgehead atoms. The number of aromatic nitrogens is 1. The quantitative estimate of drug-likeness (QED) is 0.890. The maximum atomic E-state index is 12.3. The van der Waals surface area contributed by atoms with Crippen molar-refractivity contribution >= 4 is 11.7 Å². The van der Waals surface area contributed by atoms with Crippen molar-refractivity contribution in [2.24, 2.45) is 5.92 Å². The first-order chi connectivity index (χ1) is 12.3. The molecule has 2 aliphatic heterocycles. The van der Waals surface area contributed by atoms with Crippen LogP contribution in [0.25, 0.3) is 0 Å². The molecule has 1 aromatic heterocycles. The third kappa shape index (κ3) is 5.08. The molecule has 0 saturated carbocycles. The first kappa shape index (κ1) is 18.0. The first-order valence-electron chi connectivity index (χ1n) is 9.47. The molecular formula is C19H30N4O2. The van der Waals surface area contributed by atoms with Gasteiger partial charge in [0, 0.05) is 57.9 Å². The highest BCUT2D eigenvalue weighted by atomic mass is 16.5. The van der Waals surface area contributed by atoms with Crippen molar-refractivity contribution in [1.29, 1.82) is 0 Å². The van der Waals surface area contributed by atoms with Crippen molar-refractivity contribution in [3.8, 4) is 0 Å². The summed E-state index contributed by atoms with van der Waals surface area (Å²) in [5, 5.41) is 3.10. The van der Waals surface area contributed by atoms with E-state index in [0.29, 0.717) is 12.5 Å². The number of nitrogens with one attached hydrogen (secondary N) is 1. The fourth-order valence-corrected chi connectivity index (χ4v) is 3.84. The van der Waals surface area contributed by atoms with E-state index in [1.165, 1.54) is 18.5 Å². The average Bonchev–Trinajstić information content (AvgIpc) is 2.69. The van der Waals surface area contributed by atoms with Crippen LogP contribution in [-0.4, -0.2) is 61.9 Å². The van der Waals surface area contributed by atoms with E-state index in [1.807, 2.05) is 17.3 Å². The van der Waals surface area contributed by atoms with Crippen molar-refractivity contribution in [2.45, 2.75) is 38.2 Å². The number of hydrogen-bond donors (Lipinski definition) is 1. The smallest absolute Gasteiger partial charge is 0.317 e. The predicted molar refractivity (Wildman–Crippen MR) is 98.8 cm³/mol. The minimum atomic E-state index is 0.0657. The Labute approximate surface area is 150 Å². The van der Waals surface area contributed by atoms with Gasteiger partial charge < -0.3 is 19.9 Å². The van der Waals surface area contributed by atoms with Crippen molar-refractivity contribution in [3.63, 3.8) is 0 Å². The minimum absolute atomic E-state index is 0.0657. The molecule has 0 unspecified atom stereocenters. The lowest BCUT2D eigenvalue weighted by Gasteiger charge is -2.34. The van der Waals surface area contributed by atoms with Crippen molar-refractivity contribution in [1.82, 2.24) is 15.2 Å². The zero-order valence-electron chi connectivity index (χ0n) is 15.2. The van der Waals surface area contributed by atoms with Gasteiger partial charge in [0.25, 0.3) is 0 Å². The normalized spacial score (nSPS) is 22.0. The Bertz CT molecular complexity index is 531. The van der Waals surface area contributed by atoms with Crippen LogP contribution in [0.2, 0.25) is 0 Å². The maximum Gasteiger partial charge on any atom is 0.317 e. The molecule has 1 aromatic rings. The number of urea groups is 1. The third-order valence-corrected chi connectivity index (χ3v) is 5.47. The van der Waals surface area contributed by atoms with Gasteiger partial charge in [-0.25, -0.2) is 4.79 Å². The monoisotopic (exact) mass is 346 g/mol. The van der Waals surface area contributed by atoms with Crippen LogP contribution < -0.4 is 10.2 Å². The van der Waals surface area contributed by atoms with Crippen LogP contribution in [0.15, 0.2) is 24.5 Å². The molecule has 3 heterocycles.